The van der Waals surface area contributed by atoms with E-state index in [4.69, 9.17) is 9.47 Å². The zero-order chi connectivity index (χ0) is 20.4. The van der Waals surface area contributed by atoms with E-state index < -0.39 is 10.0 Å². The zero-order valence-corrected chi connectivity index (χ0v) is 16.6. The van der Waals surface area contributed by atoms with Gasteiger partial charge in [0.15, 0.2) is 23.0 Å². The number of rotatable bonds is 6. The molecule has 0 bridgehead atoms. The van der Waals surface area contributed by atoms with Crippen LogP contribution < -0.4 is 14.2 Å². The second-order valence-corrected chi connectivity index (χ2v) is 7.84. The number of hydrogen-bond donors (Lipinski definition) is 1. The number of pyridine rings is 1. The topological polar surface area (TPSA) is 94.8 Å². The molecule has 4 rings (SSSR count). The Hall–Kier alpha value is -3.59. The monoisotopic (exact) mass is 410 g/mol. The number of anilines is 1. The van der Waals surface area contributed by atoms with Crippen molar-refractivity contribution in [2.24, 2.45) is 0 Å². The van der Waals surface area contributed by atoms with Crippen molar-refractivity contribution in [3.63, 3.8) is 0 Å². The Morgan fingerprint density at radius 3 is 2.52 bits per heavy atom. The molecule has 0 radical (unpaired) electrons. The number of fused-ring (bicyclic) bond motifs is 1. The van der Waals surface area contributed by atoms with Crippen LogP contribution in [-0.2, 0) is 10.0 Å². The molecule has 8 nitrogen and oxygen atoms in total. The number of ether oxygens (including phenoxy) is 2. The number of sulfonamides is 1. The Morgan fingerprint density at radius 2 is 1.72 bits per heavy atom. The first-order valence-electron chi connectivity index (χ1n) is 8.67. The quantitative estimate of drug-likeness (QED) is 0.524. The van der Waals surface area contributed by atoms with Gasteiger partial charge in [0.2, 0.25) is 0 Å². The summed E-state index contributed by atoms with van der Waals surface area (Å²) in [6.07, 6.45) is 1.85. The molecule has 0 fully saturated rings. The van der Waals surface area contributed by atoms with Gasteiger partial charge in [-0.25, -0.2) is 8.42 Å². The summed E-state index contributed by atoms with van der Waals surface area (Å²) in [6.45, 7) is 0. The maximum Gasteiger partial charge on any atom is 0.262 e. The van der Waals surface area contributed by atoms with Gasteiger partial charge < -0.3 is 9.47 Å². The predicted molar refractivity (Wildman–Crippen MR) is 109 cm³/mol. The lowest BCUT2D eigenvalue weighted by Crippen LogP contribution is -2.13. The zero-order valence-electron chi connectivity index (χ0n) is 15.7. The fraction of sp³-hybridized carbons (Fsp3) is 0.100. The molecular formula is C20H18N4O4S. The summed E-state index contributed by atoms with van der Waals surface area (Å²) >= 11 is 0. The van der Waals surface area contributed by atoms with E-state index in [-0.39, 0.29) is 4.90 Å². The van der Waals surface area contributed by atoms with E-state index >= 15 is 0 Å². The summed E-state index contributed by atoms with van der Waals surface area (Å²) in [5.41, 5.74) is 1.85. The average molecular weight is 410 g/mol. The van der Waals surface area contributed by atoms with Gasteiger partial charge in [-0.15, -0.1) is 10.2 Å². The van der Waals surface area contributed by atoms with Gasteiger partial charge >= 0.3 is 0 Å². The third-order valence-electron chi connectivity index (χ3n) is 4.35. The van der Waals surface area contributed by atoms with E-state index in [1.165, 1.54) is 26.4 Å². The minimum absolute atomic E-state index is 0.0634. The number of nitrogens with one attached hydrogen (secondary N) is 1. The fourth-order valence-corrected chi connectivity index (χ4v) is 4.02. The average Bonchev–Trinajstić information content (AvgIpc) is 3.17. The SMILES string of the molecule is COc1ccc(S(=O)(=O)Nc2cccc(-c3nnc4ccccn34)c2)cc1OC. The summed E-state index contributed by atoms with van der Waals surface area (Å²) in [4.78, 5) is 0.0634. The number of aromatic nitrogens is 3. The van der Waals surface area contributed by atoms with Crippen molar-refractivity contribution in [3.8, 4) is 22.9 Å². The molecule has 148 valence electrons. The molecule has 0 atom stereocenters. The molecule has 0 saturated carbocycles. The lowest BCUT2D eigenvalue weighted by atomic mass is 10.2. The second kappa shape index (κ2) is 7.44. The van der Waals surface area contributed by atoms with Crippen LogP contribution in [0.4, 0.5) is 5.69 Å². The molecule has 0 aliphatic rings. The molecule has 0 amide bonds. The standard InChI is InChI=1S/C20H18N4O4S/c1-27-17-10-9-16(13-18(17)28-2)29(25,26)23-15-7-5-6-14(12-15)20-22-21-19-8-3-4-11-24(19)20/h3-13,23H,1-2H3. The molecule has 0 aliphatic carbocycles. The maximum absolute atomic E-state index is 12.8. The summed E-state index contributed by atoms with van der Waals surface area (Å²) in [6, 6.07) is 17.0. The summed E-state index contributed by atoms with van der Waals surface area (Å²) < 4.78 is 40.5. The Kier molecular flexibility index (Phi) is 4.81. The molecule has 0 spiro atoms. The Balaban J connectivity index is 1.67. The van der Waals surface area contributed by atoms with Crippen LogP contribution in [0.2, 0.25) is 0 Å². The highest BCUT2D eigenvalue weighted by Gasteiger charge is 2.18. The molecule has 4 aromatic rings. The lowest BCUT2D eigenvalue weighted by molar-refractivity contribution is 0.354. The highest BCUT2D eigenvalue weighted by atomic mass is 32.2. The number of nitrogens with zero attached hydrogens (tertiary/aromatic N) is 3. The van der Waals surface area contributed by atoms with Gasteiger partial charge in [0, 0.05) is 23.5 Å². The molecule has 2 aromatic heterocycles. The molecule has 0 saturated heterocycles. The van der Waals surface area contributed by atoms with Crippen molar-refractivity contribution in [1.82, 2.24) is 14.6 Å². The number of hydrogen-bond acceptors (Lipinski definition) is 6. The van der Waals surface area contributed by atoms with E-state index in [9.17, 15) is 8.42 Å². The van der Waals surface area contributed by atoms with Gasteiger partial charge in [-0.1, -0.05) is 18.2 Å². The normalized spacial score (nSPS) is 11.4. The first-order valence-corrected chi connectivity index (χ1v) is 10.2. The molecule has 9 heteroatoms. The fourth-order valence-electron chi connectivity index (χ4n) is 2.96. The highest BCUT2D eigenvalue weighted by Crippen LogP contribution is 2.30. The Labute approximate surface area is 167 Å². The van der Waals surface area contributed by atoms with Crippen molar-refractivity contribution in [2.75, 3.05) is 18.9 Å². The van der Waals surface area contributed by atoms with Crippen molar-refractivity contribution < 1.29 is 17.9 Å². The van der Waals surface area contributed by atoms with Crippen molar-refractivity contribution in [1.29, 1.82) is 0 Å². The van der Waals surface area contributed by atoms with E-state index in [0.29, 0.717) is 28.7 Å². The minimum Gasteiger partial charge on any atom is -0.493 e. The molecular weight excluding hydrogens is 392 g/mol. The summed E-state index contributed by atoms with van der Waals surface area (Å²) in [5, 5.41) is 8.34. The smallest absolute Gasteiger partial charge is 0.262 e. The number of benzene rings is 2. The van der Waals surface area contributed by atoms with Crippen LogP contribution >= 0.6 is 0 Å². The van der Waals surface area contributed by atoms with E-state index in [2.05, 4.69) is 14.9 Å². The van der Waals surface area contributed by atoms with Gasteiger partial charge in [0.1, 0.15) is 0 Å². The van der Waals surface area contributed by atoms with E-state index in [1.807, 2.05) is 34.9 Å². The van der Waals surface area contributed by atoms with Gasteiger partial charge in [0.25, 0.3) is 10.0 Å². The van der Waals surface area contributed by atoms with Crippen LogP contribution in [0.15, 0.2) is 71.8 Å². The second-order valence-electron chi connectivity index (χ2n) is 6.16. The van der Waals surface area contributed by atoms with Crippen LogP contribution in [0.3, 0.4) is 0 Å². The van der Waals surface area contributed by atoms with Crippen LogP contribution in [-0.4, -0.2) is 37.2 Å². The summed E-state index contributed by atoms with van der Waals surface area (Å²) in [5.74, 6) is 1.40. The van der Waals surface area contributed by atoms with E-state index in [1.54, 1.807) is 24.3 Å². The van der Waals surface area contributed by atoms with Gasteiger partial charge in [0.05, 0.1) is 19.1 Å². The molecule has 0 aliphatic heterocycles. The molecule has 2 aromatic carbocycles. The van der Waals surface area contributed by atoms with Crippen molar-refractivity contribution >= 4 is 21.4 Å². The Bertz CT molecular complexity index is 1280. The van der Waals surface area contributed by atoms with Crippen LogP contribution in [0.25, 0.3) is 17.0 Å². The molecule has 1 N–H and O–H groups in total. The minimum atomic E-state index is -3.83. The van der Waals surface area contributed by atoms with Crippen molar-refractivity contribution in [2.45, 2.75) is 4.90 Å². The van der Waals surface area contributed by atoms with Crippen molar-refractivity contribution in [3.05, 3.63) is 66.9 Å². The van der Waals surface area contributed by atoms with Crippen LogP contribution in [0.1, 0.15) is 0 Å². The van der Waals surface area contributed by atoms with E-state index in [0.717, 1.165) is 5.56 Å². The molecule has 2 heterocycles. The first kappa shape index (κ1) is 18.8. The predicted octanol–water partition coefficient (Wildman–Crippen LogP) is 3.21. The third kappa shape index (κ3) is 3.59. The third-order valence-corrected chi connectivity index (χ3v) is 5.73. The van der Waals surface area contributed by atoms with Crippen LogP contribution in [0, 0.1) is 0 Å². The van der Waals surface area contributed by atoms with Gasteiger partial charge in [-0.05, 0) is 36.4 Å². The maximum atomic E-state index is 12.8. The summed E-state index contributed by atoms with van der Waals surface area (Å²) in [7, 11) is -0.885. The highest BCUT2D eigenvalue weighted by molar-refractivity contribution is 7.92. The largest absolute Gasteiger partial charge is 0.493 e. The molecule has 29 heavy (non-hydrogen) atoms. The van der Waals surface area contributed by atoms with Gasteiger partial charge in [-0.2, -0.15) is 0 Å². The van der Waals surface area contributed by atoms with Crippen LogP contribution in [0.5, 0.6) is 11.5 Å². The lowest BCUT2D eigenvalue weighted by Gasteiger charge is -2.12. The first-order chi connectivity index (χ1) is 14.0. The van der Waals surface area contributed by atoms with Gasteiger partial charge in [-0.3, -0.25) is 9.12 Å². The Morgan fingerprint density at radius 1 is 0.897 bits per heavy atom. The molecule has 0 unspecified atom stereocenters. The number of methoxy groups -OCH3 is 2.